The zero-order valence-electron chi connectivity index (χ0n) is 9.23. The Kier molecular flexibility index (Phi) is 3.95. The van der Waals surface area contributed by atoms with E-state index in [4.69, 9.17) is 4.74 Å². The van der Waals surface area contributed by atoms with Crippen LogP contribution in [-0.4, -0.2) is 41.9 Å². The summed E-state index contributed by atoms with van der Waals surface area (Å²) in [7, 11) is 0. The second-order valence-electron chi connectivity index (χ2n) is 3.83. The summed E-state index contributed by atoms with van der Waals surface area (Å²) < 4.78 is 5.46. The summed E-state index contributed by atoms with van der Waals surface area (Å²) >= 11 is 1.48. The number of nitrogens with zero attached hydrogens (tertiary/aromatic N) is 2. The van der Waals surface area contributed by atoms with Gasteiger partial charge in [0, 0.05) is 6.61 Å². The highest BCUT2D eigenvalue weighted by Crippen LogP contribution is 2.17. The molecule has 0 aliphatic carbocycles. The third-order valence-electron chi connectivity index (χ3n) is 2.32. The van der Waals surface area contributed by atoms with Gasteiger partial charge in [-0.1, -0.05) is 0 Å². The van der Waals surface area contributed by atoms with Crippen LogP contribution in [0.4, 0.5) is 0 Å². The lowest BCUT2D eigenvalue weighted by Gasteiger charge is -2.20. The van der Waals surface area contributed by atoms with Gasteiger partial charge in [-0.05, 0) is 31.5 Å². The van der Waals surface area contributed by atoms with Crippen molar-refractivity contribution in [2.24, 2.45) is 9.98 Å². The van der Waals surface area contributed by atoms with Crippen molar-refractivity contribution in [3.63, 3.8) is 0 Å². The van der Waals surface area contributed by atoms with Crippen molar-refractivity contribution in [2.75, 3.05) is 19.7 Å². The topological polar surface area (TPSA) is 63.0 Å². The summed E-state index contributed by atoms with van der Waals surface area (Å²) in [4.78, 5) is 19.1. The van der Waals surface area contributed by atoms with Crippen LogP contribution < -0.4 is 5.32 Å². The first-order valence-corrected chi connectivity index (χ1v) is 6.20. The molecule has 0 saturated carbocycles. The van der Waals surface area contributed by atoms with Gasteiger partial charge in [-0.3, -0.25) is 14.8 Å². The Morgan fingerprint density at radius 2 is 2.31 bits per heavy atom. The molecule has 0 aromatic carbocycles. The zero-order valence-corrected chi connectivity index (χ0v) is 10.0. The predicted octanol–water partition coefficient (Wildman–Crippen LogP) is 0.803. The van der Waals surface area contributed by atoms with Crippen molar-refractivity contribution >= 4 is 27.9 Å². The fraction of sp³-hybridized carbons (Fsp3) is 0.700. The molecule has 2 fully saturated rings. The molecule has 2 heterocycles. The highest BCUT2D eigenvalue weighted by Gasteiger charge is 2.21. The average Bonchev–Trinajstić information content (AvgIpc) is 2.66. The minimum Gasteiger partial charge on any atom is -0.376 e. The summed E-state index contributed by atoms with van der Waals surface area (Å²) in [5.41, 5.74) is 0. The van der Waals surface area contributed by atoms with Crippen LogP contribution >= 0.6 is 11.8 Å². The van der Waals surface area contributed by atoms with E-state index >= 15 is 0 Å². The third kappa shape index (κ3) is 3.31. The molecule has 5 nitrogen and oxygen atoms in total. The predicted molar refractivity (Wildman–Crippen MR) is 65.0 cm³/mol. The summed E-state index contributed by atoms with van der Waals surface area (Å²) in [5.74, 6) is 0.0691. The van der Waals surface area contributed by atoms with Crippen LogP contribution in [0, 0.1) is 0 Å². The number of rotatable bonds is 4. The SMILES string of the molecule is CC(=O)CN=C1NC(=NCC2CCCO2)S1. The first-order chi connectivity index (χ1) is 7.74. The molecule has 2 aliphatic heterocycles. The summed E-state index contributed by atoms with van der Waals surface area (Å²) in [6.45, 7) is 3.35. The molecule has 2 saturated heterocycles. The Morgan fingerprint density at radius 3 is 2.94 bits per heavy atom. The lowest BCUT2D eigenvalue weighted by Crippen LogP contribution is -2.39. The molecule has 1 N–H and O–H groups in total. The number of nitrogens with one attached hydrogen (secondary N) is 1. The van der Waals surface area contributed by atoms with E-state index in [-0.39, 0.29) is 18.4 Å². The van der Waals surface area contributed by atoms with Gasteiger partial charge in [-0.2, -0.15) is 0 Å². The van der Waals surface area contributed by atoms with Crippen molar-refractivity contribution in [1.82, 2.24) is 5.32 Å². The molecule has 16 heavy (non-hydrogen) atoms. The van der Waals surface area contributed by atoms with Crippen LogP contribution in [-0.2, 0) is 9.53 Å². The molecule has 0 bridgehead atoms. The molecular formula is C10H15N3O2S. The van der Waals surface area contributed by atoms with E-state index in [0.717, 1.165) is 36.3 Å². The molecule has 0 aromatic heterocycles. The van der Waals surface area contributed by atoms with Gasteiger partial charge < -0.3 is 10.1 Å². The van der Waals surface area contributed by atoms with Gasteiger partial charge >= 0.3 is 0 Å². The fourth-order valence-corrected chi connectivity index (χ4v) is 2.08. The van der Waals surface area contributed by atoms with E-state index in [1.165, 1.54) is 18.7 Å². The highest BCUT2D eigenvalue weighted by molar-refractivity contribution is 8.29. The first kappa shape index (κ1) is 11.6. The number of ether oxygens (including phenoxy) is 1. The number of carbonyl (C=O) groups excluding carboxylic acids is 1. The molecule has 6 heteroatoms. The summed E-state index contributed by atoms with van der Waals surface area (Å²) in [6, 6.07) is 0. The Hall–Kier alpha value is -0.880. The van der Waals surface area contributed by atoms with Gasteiger partial charge in [-0.15, -0.1) is 0 Å². The van der Waals surface area contributed by atoms with Crippen LogP contribution in [0.15, 0.2) is 9.98 Å². The molecular weight excluding hydrogens is 226 g/mol. The summed E-state index contributed by atoms with van der Waals surface area (Å²) in [6.07, 6.45) is 2.53. The van der Waals surface area contributed by atoms with Crippen molar-refractivity contribution in [1.29, 1.82) is 0 Å². The van der Waals surface area contributed by atoms with Gasteiger partial charge in [0.1, 0.15) is 6.54 Å². The monoisotopic (exact) mass is 241 g/mol. The zero-order chi connectivity index (χ0) is 11.4. The molecule has 1 unspecified atom stereocenters. The van der Waals surface area contributed by atoms with Crippen LogP contribution in [0.3, 0.4) is 0 Å². The maximum atomic E-state index is 10.7. The number of aliphatic imine (C=N–C) groups is 2. The van der Waals surface area contributed by atoms with E-state index < -0.39 is 0 Å². The van der Waals surface area contributed by atoms with Gasteiger partial charge in [-0.25, -0.2) is 0 Å². The second-order valence-corrected chi connectivity index (χ2v) is 4.81. The van der Waals surface area contributed by atoms with Crippen molar-refractivity contribution in [3.8, 4) is 0 Å². The molecule has 0 radical (unpaired) electrons. The van der Waals surface area contributed by atoms with Crippen LogP contribution in [0.1, 0.15) is 19.8 Å². The normalized spacial score (nSPS) is 29.2. The fourth-order valence-electron chi connectivity index (χ4n) is 1.49. The maximum absolute atomic E-state index is 10.7. The number of hydrogen-bond donors (Lipinski definition) is 1. The van der Waals surface area contributed by atoms with Crippen LogP contribution in [0.5, 0.6) is 0 Å². The van der Waals surface area contributed by atoms with E-state index in [0.29, 0.717) is 0 Å². The van der Waals surface area contributed by atoms with Crippen LogP contribution in [0.25, 0.3) is 0 Å². The molecule has 88 valence electrons. The van der Waals surface area contributed by atoms with E-state index in [9.17, 15) is 4.79 Å². The molecule has 1 atom stereocenters. The van der Waals surface area contributed by atoms with Gasteiger partial charge in [0.05, 0.1) is 12.6 Å². The smallest absolute Gasteiger partial charge is 0.170 e. The van der Waals surface area contributed by atoms with Gasteiger partial charge in [0.2, 0.25) is 0 Å². The molecule has 0 spiro atoms. The Labute approximate surface area is 98.8 Å². The van der Waals surface area contributed by atoms with Gasteiger partial charge in [0.25, 0.3) is 0 Å². The quantitative estimate of drug-likeness (QED) is 0.791. The largest absolute Gasteiger partial charge is 0.376 e. The van der Waals surface area contributed by atoms with E-state index in [1.807, 2.05) is 0 Å². The second kappa shape index (κ2) is 5.45. The number of ketones is 1. The lowest BCUT2D eigenvalue weighted by atomic mass is 10.2. The summed E-state index contributed by atoms with van der Waals surface area (Å²) in [5, 5.41) is 4.67. The van der Waals surface area contributed by atoms with Crippen molar-refractivity contribution in [3.05, 3.63) is 0 Å². The number of carbonyl (C=O) groups is 1. The first-order valence-electron chi connectivity index (χ1n) is 5.39. The van der Waals surface area contributed by atoms with Gasteiger partial charge in [0.15, 0.2) is 16.1 Å². The standard InChI is InChI=1S/C10H15N3O2S/c1-7(14)5-11-9-13-10(16-9)12-6-8-3-2-4-15-8/h8H,2-6H2,1H3,(H,11,12,13). The molecule has 0 amide bonds. The van der Waals surface area contributed by atoms with Crippen molar-refractivity contribution < 1.29 is 9.53 Å². The molecule has 2 rings (SSSR count). The average molecular weight is 241 g/mol. The minimum absolute atomic E-state index is 0.0691. The van der Waals surface area contributed by atoms with E-state index in [1.54, 1.807) is 0 Å². The lowest BCUT2D eigenvalue weighted by molar-refractivity contribution is -0.115. The van der Waals surface area contributed by atoms with E-state index in [2.05, 4.69) is 15.3 Å². The number of hydrogen-bond acceptors (Lipinski definition) is 5. The maximum Gasteiger partial charge on any atom is 0.170 e. The number of amidine groups is 2. The Morgan fingerprint density at radius 1 is 1.56 bits per heavy atom. The number of thioether (sulfide) groups is 1. The molecule has 2 aliphatic rings. The Balaban J connectivity index is 1.68. The highest BCUT2D eigenvalue weighted by atomic mass is 32.2. The van der Waals surface area contributed by atoms with Crippen LogP contribution in [0.2, 0.25) is 0 Å². The molecule has 0 aromatic rings. The number of Topliss-reactive ketones (excluding diaryl/α,β-unsaturated/α-hetero) is 1. The Bertz CT molecular complexity index is 325. The third-order valence-corrected chi connectivity index (χ3v) is 3.16. The minimum atomic E-state index is 0.0691. The van der Waals surface area contributed by atoms with Crippen molar-refractivity contribution in [2.45, 2.75) is 25.9 Å².